The molecule has 0 bridgehead atoms. The molecule has 0 saturated carbocycles. The molecule has 0 spiro atoms. The number of nitrogens with zero attached hydrogens (tertiary/aromatic N) is 1. The van der Waals surface area contributed by atoms with E-state index in [4.69, 9.17) is 4.74 Å². The average molecular weight is 417 g/mol. The molecular formula is C17H28IN3O. The number of hydrogen-bond donors (Lipinski definition) is 2. The Morgan fingerprint density at radius 1 is 1.27 bits per heavy atom. The Kier molecular flexibility index (Phi) is 12.7. The second-order valence-electron chi connectivity index (χ2n) is 4.61. The molecule has 0 fully saturated rings. The number of nitrogens with one attached hydrogen (secondary N) is 2. The maximum Gasteiger partial charge on any atom is 0.191 e. The molecule has 1 aromatic rings. The predicted octanol–water partition coefficient (Wildman–Crippen LogP) is 3.38. The number of ether oxygens (including phenoxy) is 1. The van der Waals surface area contributed by atoms with Crippen molar-refractivity contribution >= 4 is 29.9 Å². The Hall–Kier alpha value is -1.24. The molecular weight excluding hydrogens is 389 g/mol. The van der Waals surface area contributed by atoms with Crippen LogP contribution in [-0.4, -0.2) is 32.7 Å². The Balaban J connectivity index is 0.00000441. The fourth-order valence-corrected chi connectivity index (χ4v) is 1.98. The van der Waals surface area contributed by atoms with Crippen LogP contribution in [0.15, 0.2) is 41.4 Å². The van der Waals surface area contributed by atoms with Gasteiger partial charge in [-0.1, -0.05) is 30.4 Å². The van der Waals surface area contributed by atoms with E-state index in [-0.39, 0.29) is 24.0 Å². The molecule has 1 aromatic carbocycles. The van der Waals surface area contributed by atoms with Gasteiger partial charge in [0.15, 0.2) is 5.96 Å². The van der Waals surface area contributed by atoms with Gasteiger partial charge in [-0.25, -0.2) is 0 Å². The first-order chi connectivity index (χ1) is 10.3. The fourth-order valence-electron chi connectivity index (χ4n) is 1.98. The molecule has 0 aromatic heterocycles. The third-order valence-corrected chi connectivity index (χ3v) is 3.02. The minimum Gasteiger partial charge on any atom is -0.496 e. The lowest BCUT2D eigenvalue weighted by Gasteiger charge is -2.12. The molecule has 0 aliphatic rings. The number of guanidine groups is 1. The van der Waals surface area contributed by atoms with Crippen molar-refractivity contribution in [2.24, 2.45) is 4.99 Å². The second-order valence-corrected chi connectivity index (χ2v) is 4.61. The lowest BCUT2D eigenvalue weighted by molar-refractivity contribution is 0.409. The van der Waals surface area contributed by atoms with E-state index in [9.17, 15) is 0 Å². The van der Waals surface area contributed by atoms with E-state index in [1.165, 1.54) is 5.56 Å². The number of hydrogen-bond acceptors (Lipinski definition) is 2. The molecule has 4 nitrogen and oxygen atoms in total. The van der Waals surface area contributed by atoms with Crippen LogP contribution in [0.25, 0.3) is 0 Å². The van der Waals surface area contributed by atoms with E-state index in [1.807, 2.05) is 25.1 Å². The van der Waals surface area contributed by atoms with Gasteiger partial charge in [0.2, 0.25) is 0 Å². The van der Waals surface area contributed by atoms with Crippen molar-refractivity contribution in [2.75, 3.05) is 26.7 Å². The zero-order chi connectivity index (χ0) is 15.3. The zero-order valence-electron chi connectivity index (χ0n) is 13.8. The Morgan fingerprint density at radius 2 is 2.05 bits per heavy atom. The summed E-state index contributed by atoms with van der Waals surface area (Å²) in [6, 6.07) is 8.11. The minimum atomic E-state index is 0. The van der Waals surface area contributed by atoms with Gasteiger partial charge in [-0.2, -0.15) is 0 Å². The molecule has 0 aliphatic heterocycles. The summed E-state index contributed by atoms with van der Waals surface area (Å²) in [6.07, 6.45) is 6.06. The van der Waals surface area contributed by atoms with Crippen LogP contribution in [0.5, 0.6) is 5.75 Å². The van der Waals surface area contributed by atoms with Gasteiger partial charge < -0.3 is 15.4 Å². The van der Waals surface area contributed by atoms with Gasteiger partial charge in [-0.05, 0) is 38.3 Å². The third-order valence-electron chi connectivity index (χ3n) is 3.02. The smallest absolute Gasteiger partial charge is 0.191 e. The van der Waals surface area contributed by atoms with Gasteiger partial charge in [0.25, 0.3) is 0 Å². The van der Waals surface area contributed by atoms with E-state index in [0.717, 1.165) is 44.2 Å². The highest BCUT2D eigenvalue weighted by Crippen LogP contribution is 2.17. The first kappa shape index (κ1) is 20.8. The number of allylic oxidation sites excluding steroid dienone is 1. The van der Waals surface area contributed by atoms with Gasteiger partial charge in [0.05, 0.1) is 7.11 Å². The van der Waals surface area contributed by atoms with Gasteiger partial charge in [-0.3, -0.25) is 4.99 Å². The Morgan fingerprint density at radius 3 is 2.73 bits per heavy atom. The number of benzene rings is 1. The van der Waals surface area contributed by atoms with Crippen molar-refractivity contribution < 1.29 is 4.74 Å². The lowest BCUT2D eigenvalue weighted by atomic mass is 10.1. The molecule has 124 valence electrons. The van der Waals surface area contributed by atoms with Crippen LogP contribution in [0.3, 0.4) is 0 Å². The predicted molar refractivity (Wildman–Crippen MR) is 106 cm³/mol. The maximum absolute atomic E-state index is 5.36. The molecule has 0 atom stereocenters. The molecule has 2 N–H and O–H groups in total. The van der Waals surface area contributed by atoms with E-state index in [1.54, 1.807) is 7.11 Å². The van der Waals surface area contributed by atoms with Crippen LogP contribution in [0.4, 0.5) is 0 Å². The largest absolute Gasteiger partial charge is 0.496 e. The molecule has 0 heterocycles. The van der Waals surface area contributed by atoms with Gasteiger partial charge in [0, 0.05) is 19.6 Å². The van der Waals surface area contributed by atoms with Crippen LogP contribution in [0.1, 0.15) is 25.8 Å². The highest BCUT2D eigenvalue weighted by atomic mass is 127. The summed E-state index contributed by atoms with van der Waals surface area (Å²) in [4.78, 5) is 4.54. The van der Waals surface area contributed by atoms with Crippen molar-refractivity contribution in [2.45, 2.75) is 26.7 Å². The quantitative estimate of drug-likeness (QED) is 0.224. The van der Waals surface area contributed by atoms with Crippen LogP contribution < -0.4 is 15.4 Å². The topological polar surface area (TPSA) is 45.7 Å². The van der Waals surface area contributed by atoms with Crippen molar-refractivity contribution in [1.82, 2.24) is 10.6 Å². The molecule has 0 unspecified atom stereocenters. The summed E-state index contributed by atoms with van der Waals surface area (Å²) >= 11 is 0. The summed E-state index contributed by atoms with van der Waals surface area (Å²) in [6.45, 7) is 6.60. The van der Waals surface area contributed by atoms with E-state index >= 15 is 0 Å². The number of methoxy groups -OCH3 is 1. The number of rotatable bonds is 8. The van der Waals surface area contributed by atoms with Crippen LogP contribution in [-0.2, 0) is 6.42 Å². The summed E-state index contributed by atoms with van der Waals surface area (Å²) < 4.78 is 5.36. The van der Waals surface area contributed by atoms with E-state index in [2.05, 4.69) is 40.8 Å². The van der Waals surface area contributed by atoms with Crippen LogP contribution >= 0.6 is 24.0 Å². The van der Waals surface area contributed by atoms with Gasteiger partial charge >= 0.3 is 0 Å². The number of halogens is 1. The molecule has 0 radical (unpaired) electrons. The summed E-state index contributed by atoms with van der Waals surface area (Å²) in [5, 5.41) is 6.61. The minimum absolute atomic E-state index is 0. The van der Waals surface area contributed by atoms with Crippen molar-refractivity contribution in [3.8, 4) is 5.75 Å². The highest BCUT2D eigenvalue weighted by molar-refractivity contribution is 14.0. The zero-order valence-corrected chi connectivity index (χ0v) is 16.1. The average Bonchev–Trinajstić information content (AvgIpc) is 2.52. The summed E-state index contributed by atoms with van der Waals surface area (Å²) in [5.41, 5.74) is 1.21. The summed E-state index contributed by atoms with van der Waals surface area (Å²) in [7, 11) is 1.71. The molecule has 1 rings (SSSR count). The lowest BCUT2D eigenvalue weighted by Crippen LogP contribution is -2.38. The second kappa shape index (κ2) is 13.4. The molecule has 5 heteroatoms. The molecule has 0 amide bonds. The SMILES string of the molecule is C/C=C/CCN=C(NCC)NCCc1ccccc1OC.I. The van der Waals surface area contributed by atoms with E-state index < -0.39 is 0 Å². The maximum atomic E-state index is 5.36. The van der Waals surface area contributed by atoms with Crippen LogP contribution in [0, 0.1) is 0 Å². The van der Waals surface area contributed by atoms with Gasteiger partial charge in [0.1, 0.15) is 5.75 Å². The van der Waals surface area contributed by atoms with Crippen molar-refractivity contribution in [1.29, 1.82) is 0 Å². The Bertz CT molecular complexity index is 461. The van der Waals surface area contributed by atoms with E-state index in [0.29, 0.717) is 0 Å². The fraction of sp³-hybridized carbons (Fsp3) is 0.471. The van der Waals surface area contributed by atoms with Crippen molar-refractivity contribution in [3.05, 3.63) is 42.0 Å². The molecule has 0 aliphatic carbocycles. The summed E-state index contributed by atoms with van der Waals surface area (Å²) in [5.74, 6) is 1.81. The standard InChI is InChI=1S/C17H27N3O.HI/c1-4-6-9-13-19-17(18-5-2)20-14-12-15-10-7-8-11-16(15)21-3;/h4,6-8,10-11H,5,9,12-14H2,1-3H3,(H2,18,19,20);1H/b6-4+;. The third kappa shape index (κ3) is 8.26. The first-order valence-corrected chi connectivity index (χ1v) is 7.57. The highest BCUT2D eigenvalue weighted by Gasteiger charge is 2.02. The molecule has 0 saturated heterocycles. The first-order valence-electron chi connectivity index (χ1n) is 7.57. The van der Waals surface area contributed by atoms with Crippen molar-refractivity contribution in [3.63, 3.8) is 0 Å². The monoisotopic (exact) mass is 417 g/mol. The number of aliphatic imine (C=N–C) groups is 1. The Labute approximate surface area is 151 Å². The van der Waals surface area contributed by atoms with Gasteiger partial charge in [-0.15, -0.1) is 24.0 Å². The van der Waals surface area contributed by atoms with Crippen LogP contribution in [0.2, 0.25) is 0 Å². The number of para-hydroxylation sites is 1. The molecule has 22 heavy (non-hydrogen) atoms. The normalized spacial score (nSPS) is 11.1.